The quantitative estimate of drug-likeness (QED) is 0.525. The lowest BCUT2D eigenvalue weighted by Crippen LogP contribution is -2.35. The first-order valence-corrected chi connectivity index (χ1v) is 9.78. The first-order valence-electron chi connectivity index (χ1n) is 9.78. The molecule has 4 heteroatoms. The van der Waals surface area contributed by atoms with Gasteiger partial charge in [0.1, 0.15) is 12.7 Å². The molecule has 2 aromatic carbocycles. The van der Waals surface area contributed by atoms with Gasteiger partial charge >= 0.3 is 5.97 Å². The summed E-state index contributed by atoms with van der Waals surface area (Å²) in [5.41, 5.74) is 2.53. The van der Waals surface area contributed by atoms with Gasteiger partial charge in [-0.2, -0.15) is 0 Å². The predicted molar refractivity (Wildman–Crippen MR) is 107 cm³/mol. The van der Waals surface area contributed by atoms with Gasteiger partial charge in [-0.15, -0.1) is 0 Å². The number of ether oxygens (including phenoxy) is 2. The highest BCUT2D eigenvalue weighted by Crippen LogP contribution is 2.27. The van der Waals surface area contributed by atoms with Gasteiger partial charge in [0.25, 0.3) is 0 Å². The molecule has 0 atom stereocenters. The Labute approximate surface area is 162 Å². The van der Waals surface area contributed by atoms with E-state index in [1.165, 1.54) is 11.1 Å². The highest BCUT2D eigenvalue weighted by atomic mass is 16.6. The van der Waals surface area contributed by atoms with E-state index >= 15 is 0 Å². The maximum absolute atomic E-state index is 12.0. The third kappa shape index (κ3) is 6.19. The Morgan fingerprint density at radius 2 is 1.56 bits per heavy atom. The van der Waals surface area contributed by atoms with Gasteiger partial charge in [0.05, 0.1) is 0 Å². The van der Waals surface area contributed by atoms with Gasteiger partial charge in [0.2, 0.25) is 0 Å². The topological polar surface area (TPSA) is 38.8 Å². The maximum atomic E-state index is 12.0. The molecule has 1 saturated heterocycles. The van der Waals surface area contributed by atoms with E-state index in [0.717, 1.165) is 32.4 Å². The largest absolute Gasteiger partial charge is 0.461 e. The summed E-state index contributed by atoms with van der Waals surface area (Å²) in [6.07, 6.45) is 2.69. The summed E-state index contributed by atoms with van der Waals surface area (Å²) in [6.45, 7) is 2.52. The van der Waals surface area contributed by atoms with Crippen molar-refractivity contribution in [2.24, 2.45) is 0 Å². The molecule has 0 spiro atoms. The molecule has 3 rings (SSSR count). The molecule has 0 aromatic heterocycles. The first kappa shape index (κ1) is 19.6. The van der Waals surface area contributed by atoms with Crippen molar-refractivity contribution < 1.29 is 14.3 Å². The van der Waals surface area contributed by atoms with Crippen LogP contribution in [0.3, 0.4) is 0 Å². The number of likely N-dealkylation sites (tertiary alicyclic amines) is 1. The van der Waals surface area contributed by atoms with Crippen LogP contribution in [0, 0.1) is 0 Å². The van der Waals surface area contributed by atoms with Crippen LogP contribution in [-0.2, 0) is 14.3 Å². The van der Waals surface area contributed by atoms with E-state index in [2.05, 4.69) is 60.5 Å². The summed E-state index contributed by atoms with van der Waals surface area (Å²) in [5.74, 6) is 0.0119. The molecule has 1 aliphatic rings. The predicted octanol–water partition coefficient (Wildman–Crippen LogP) is 3.86. The van der Waals surface area contributed by atoms with Crippen LogP contribution < -0.4 is 0 Å². The molecule has 1 heterocycles. The van der Waals surface area contributed by atoms with Gasteiger partial charge in [-0.1, -0.05) is 60.7 Å². The molecular formula is C23H29NO3. The van der Waals surface area contributed by atoms with Gasteiger partial charge in [-0.25, -0.2) is 4.79 Å². The number of carbonyl (C=O) groups excluding carboxylic acids is 1. The smallest absolute Gasteiger partial charge is 0.332 e. The molecule has 4 nitrogen and oxygen atoms in total. The molecule has 144 valence electrons. The summed E-state index contributed by atoms with van der Waals surface area (Å²) >= 11 is 0. The SMILES string of the molecule is CN1CCC(OC(=O)COCCC(c2ccccc2)c2ccccc2)CC1. The number of piperidine rings is 1. The average molecular weight is 367 g/mol. The Morgan fingerprint density at radius 3 is 2.11 bits per heavy atom. The molecule has 0 saturated carbocycles. The fraction of sp³-hybridized carbons (Fsp3) is 0.435. The average Bonchev–Trinajstić information content (AvgIpc) is 2.71. The first-order chi connectivity index (χ1) is 13.2. The van der Waals surface area contributed by atoms with E-state index in [1.54, 1.807) is 0 Å². The Kier molecular flexibility index (Phi) is 7.43. The molecule has 0 amide bonds. The zero-order chi connectivity index (χ0) is 18.9. The fourth-order valence-corrected chi connectivity index (χ4v) is 3.58. The molecule has 0 radical (unpaired) electrons. The summed E-state index contributed by atoms with van der Waals surface area (Å²) in [5, 5.41) is 0. The Morgan fingerprint density at radius 1 is 1.00 bits per heavy atom. The number of hydrogen-bond donors (Lipinski definition) is 0. The van der Waals surface area contributed by atoms with E-state index in [-0.39, 0.29) is 24.6 Å². The number of nitrogens with zero attached hydrogens (tertiary/aromatic N) is 1. The van der Waals surface area contributed by atoms with Crippen LogP contribution in [0.2, 0.25) is 0 Å². The van der Waals surface area contributed by atoms with E-state index in [1.807, 2.05) is 12.1 Å². The highest BCUT2D eigenvalue weighted by molar-refractivity contribution is 5.70. The highest BCUT2D eigenvalue weighted by Gasteiger charge is 2.20. The zero-order valence-electron chi connectivity index (χ0n) is 16.0. The summed E-state index contributed by atoms with van der Waals surface area (Å²) in [7, 11) is 2.09. The minimum atomic E-state index is -0.250. The van der Waals surface area contributed by atoms with Crippen molar-refractivity contribution >= 4 is 5.97 Å². The monoisotopic (exact) mass is 367 g/mol. The van der Waals surface area contributed by atoms with Crippen LogP contribution in [0.25, 0.3) is 0 Å². The van der Waals surface area contributed by atoms with Crippen LogP contribution in [0.15, 0.2) is 60.7 Å². The molecule has 2 aromatic rings. The molecule has 1 aliphatic heterocycles. The second-order valence-electron chi connectivity index (χ2n) is 7.21. The summed E-state index contributed by atoms with van der Waals surface area (Å²) in [6, 6.07) is 20.9. The van der Waals surface area contributed by atoms with Crippen molar-refractivity contribution in [2.75, 3.05) is 33.4 Å². The molecular weight excluding hydrogens is 338 g/mol. The second kappa shape index (κ2) is 10.2. The van der Waals surface area contributed by atoms with E-state index < -0.39 is 0 Å². The van der Waals surface area contributed by atoms with E-state index in [0.29, 0.717) is 6.61 Å². The van der Waals surface area contributed by atoms with Crippen LogP contribution in [0.1, 0.15) is 36.3 Å². The number of rotatable bonds is 8. The normalized spacial score (nSPS) is 15.8. The number of benzene rings is 2. The lowest BCUT2D eigenvalue weighted by Gasteiger charge is -2.28. The van der Waals surface area contributed by atoms with Crippen LogP contribution in [-0.4, -0.2) is 50.3 Å². The van der Waals surface area contributed by atoms with E-state index in [4.69, 9.17) is 9.47 Å². The minimum absolute atomic E-state index is 0.0304. The van der Waals surface area contributed by atoms with Crippen LogP contribution in [0.4, 0.5) is 0 Å². The Bertz CT molecular complexity index is 642. The minimum Gasteiger partial charge on any atom is -0.461 e. The number of carbonyl (C=O) groups is 1. The third-order valence-electron chi connectivity index (χ3n) is 5.14. The molecule has 0 aliphatic carbocycles. The third-order valence-corrected chi connectivity index (χ3v) is 5.14. The van der Waals surface area contributed by atoms with Gasteiger partial charge in [-0.05, 0) is 37.4 Å². The van der Waals surface area contributed by atoms with Gasteiger partial charge in [0.15, 0.2) is 0 Å². The van der Waals surface area contributed by atoms with Crippen LogP contribution >= 0.6 is 0 Å². The summed E-state index contributed by atoms with van der Waals surface area (Å²) < 4.78 is 11.2. The molecule has 0 N–H and O–H groups in total. The van der Waals surface area contributed by atoms with Crippen molar-refractivity contribution in [1.82, 2.24) is 4.90 Å². The van der Waals surface area contributed by atoms with E-state index in [9.17, 15) is 4.79 Å². The van der Waals surface area contributed by atoms with Gasteiger partial charge in [0, 0.05) is 25.6 Å². The van der Waals surface area contributed by atoms with Crippen molar-refractivity contribution in [2.45, 2.75) is 31.3 Å². The lowest BCUT2D eigenvalue weighted by atomic mass is 9.89. The van der Waals surface area contributed by atoms with Crippen molar-refractivity contribution in [1.29, 1.82) is 0 Å². The molecule has 0 bridgehead atoms. The Hall–Kier alpha value is -2.17. The number of esters is 1. The van der Waals surface area contributed by atoms with Gasteiger partial charge in [-0.3, -0.25) is 0 Å². The standard InChI is InChI=1S/C23H29NO3/c1-24-15-12-21(13-16-24)27-23(25)18-26-17-14-22(19-8-4-2-5-9-19)20-10-6-3-7-11-20/h2-11,21-22H,12-18H2,1H3. The van der Waals surface area contributed by atoms with Crippen LogP contribution in [0.5, 0.6) is 0 Å². The summed E-state index contributed by atoms with van der Waals surface area (Å²) in [4.78, 5) is 14.3. The number of hydrogen-bond acceptors (Lipinski definition) is 4. The molecule has 1 fully saturated rings. The second-order valence-corrected chi connectivity index (χ2v) is 7.21. The lowest BCUT2D eigenvalue weighted by molar-refractivity contribution is -0.156. The maximum Gasteiger partial charge on any atom is 0.332 e. The van der Waals surface area contributed by atoms with Crippen molar-refractivity contribution in [3.8, 4) is 0 Å². The van der Waals surface area contributed by atoms with Crippen molar-refractivity contribution in [3.63, 3.8) is 0 Å². The fourth-order valence-electron chi connectivity index (χ4n) is 3.58. The molecule has 27 heavy (non-hydrogen) atoms. The Balaban J connectivity index is 1.46. The molecule has 0 unspecified atom stereocenters. The van der Waals surface area contributed by atoms with Crippen molar-refractivity contribution in [3.05, 3.63) is 71.8 Å². The van der Waals surface area contributed by atoms with Gasteiger partial charge < -0.3 is 14.4 Å². The zero-order valence-corrected chi connectivity index (χ0v) is 16.0.